The topological polar surface area (TPSA) is 78.5 Å². The maximum Gasteiger partial charge on any atom is 0.243 e. The highest BCUT2D eigenvalue weighted by atomic mass is 35.5. The molecule has 2 N–H and O–H groups in total. The minimum absolute atomic E-state index is 0. The highest BCUT2D eigenvalue weighted by Crippen LogP contribution is 2.21. The molecule has 2 aliphatic heterocycles. The molecule has 2 saturated heterocycles. The molecular weight excluding hydrogens is 398 g/mol. The summed E-state index contributed by atoms with van der Waals surface area (Å²) in [5.74, 6) is 0.0686. The smallest absolute Gasteiger partial charge is 0.243 e. The SMILES string of the molecule is CC1CC(NC(=O)CCc2ccc(S(=O)(=O)N3CCCCC3)cc2)CCN1.Cl. The number of halogens is 1. The van der Waals surface area contributed by atoms with Crippen molar-refractivity contribution >= 4 is 28.3 Å². The lowest BCUT2D eigenvalue weighted by Crippen LogP contribution is -2.46. The number of carbonyl (C=O) groups is 1. The van der Waals surface area contributed by atoms with Gasteiger partial charge in [0.15, 0.2) is 0 Å². The molecular formula is C20H32ClN3O3S. The number of nitrogens with one attached hydrogen (secondary N) is 2. The Morgan fingerprint density at radius 2 is 1.86 bits per heavy atom. The number of carbonyl (C=O) groups excluding carboxylic acids is 1. The van der Waals surface area contributed by atoms with Crippen molar-refractivity contribution in [3.63, 3.8) is 0 Å². The van der Waals surface area contributed by atoms with Gasteiger partial charge in [0.05, 0.1) is 4.90 Å². The lowest BCUT2D eigenvalue weighted by Gasteiger charge is -2.28. The van der Waals surface area contributed by atoms with Gasteiger partial charge in [-0.25, -0.2) is 8.42 Å². The van der Waals surface area contributed by atoms with E-state index in [9.17, 15) is 13.2 Å². The van der Waals surface area contributed by atoms with Crippen LogP contribution in [0, 0.1) is 0 Å². The minimum atomic E-state index is -3.39. The third kappa shape index (κ3) is 6.17. The summed E-state index contributed by atoms with van der Waals surface area (Å²) in [6.07, 6.45) is 5.95. The number of hydrogen-bond acceptors (Lipinski definition) is 4. The largest absolute Gasteiger partial charge is 0.353 e. The molecule has 0 spiro atoms. The quantitative estimate of drug-likeness (QED) is 0.728. The molecule has 2 fully saturated rings. The van der Waals surface area contributed by atoms with Gasteiger partial charge in [-0.05, 0) is 63.3 Å². The van der Waals surface area contributed by atoms with Crippen LogP contribution < -0.4 is 10.6 Å². The van der Waals surface area contributed by atoms with Gasteiger partial charge < -0.3 is 10.6 Å². The second kappa shape index (κ2) is 10.6. The average Bonchev–Trinajstić information content (AvgIpc) is 2.67. The molecule has 0 saturated carbocycles. The van der Waals surface area contributed by atoms with Gasteiger partial charge in [0.25, 0.3) is 0 Å². The van der Waals surface area contributed by atoms with Crippen molar-refractivity contribution in [2.24, 2.45) is 0 Å². The molecule has 2 heterocycles. The summed E-state index contributed by atoms with van der Waals surface area (Å²) in [5.41, 5.74) is 0.987. The van der Waals surface area contributed by atoms with Crippen molar-refractivity contribution in [2.75, 3.05) is 19.6 Å². The van der Waals surface area contributed by atoms with Crippen LogP contribution in [-0.4, -0.2) is 50.3 Å². The van der Waals surface area contributed by atoms with E-state index < -0.39 is 10.0 Å². The normalized spacial score (nSPS) is 23.6. The zero-order chi connectivity index (χ0) is 19.3. The molecule has 8 heteroatoms. The summed E-state index contributed by atoms with van der Waals surface area (Å²) in [6.45, 7) is 4.30. The fourth-order valence-electron chi connectivity index (χ4n) is 3.90. The van der Waals surface area contributed by atoms with Crippen LogP contribution in [0.5, 0.6) is 0 Å². The summed E-state index contributed by atoms with van der Waals surface area (Å²) in [4.78, 5) is 12.5. The first kappa shape index (κ1) is 23.1. The number of sulfonamides is 1. The molecule has 0 aromatic heterocycles. The Morgan fingerprint density at radius 3 is 2.50 bits per heavy atom. The fourth-order valence-corrected chi connectivity index (χ4v) is 5.42. The van der Waals surface area contributed by atoms with E-state index in [4.69, 9.17) is 0 Å². The lowest BCUT2D eigenvalue weighted by molar-refractivity contribution is -0.122. The van der Waals surface area contributed by atoms with Crippen molar-refractivity contribution in [3.8, 4) is 0 Å². The van der Waals surface area contributed by atoms with E-state index in [2.05, 4.69) is 17.6 Å². The molecule has 28 heavy (non-hydrogen) atoms. The molecule has 6 nitrogen and oxygen atoms in total. The Balaban J connectivity index is 0.00000280. The molecule has 2 atom stereocenters. The Bertz CT molecular complexity index is 734. The van der Waals surface area contributed by atoms with Crippen molar-refractivity contribution in [3.05, 3.63) is 29.8 Å². The second-order valence-electron chi connectivity index (χ2n) is 7.75. The molecule has 0 aliphatic carbocycles. The summed E-state index contributed by atoms with van der Waals surface area (Å²) in [5, 5.41) is 6.50. The highest BCUT2D eigenvalue weighted by Gasteiger charge is 2.25. The van der Waals surface area contributed by atoms with Gasteiger partial charge >= 0.3 is 0 Å². The van der Waals surface area contributed by atoms with E-state index in [0.717, 1.165) is 44.2 Å². The van der Waals surface area contributed by atoms with Crippen LogP contribution in [0.1, 0.15) is 51.0 Å². The Kier molecular flexibility index (Phi) is 8.74. The van der Waals surface area contributed by atoms with Crippen molar-refractivity contribution in [2.45, 2.75) is 68.8 Å². The monoisotopic (exact) mass is 429 g/mol. The highest BCUT2D eigenvalue weighted by molar-refractivity contribution is 7.89. The predicted octanol–water partition coefficient (Wildman–Crippen LogP) is 2.47. The van der Waals surface area contributed by atoms with Gasteiger partial charge in [0.1, 0.15) is 0 Å². The van der Waals surface area contributed by atoms with Crippen LogP contribution in [0.15, 0.2) is 29.2 Å². The number of hydrogen-bond donors (Lipinski definition) is 2. The van der Waals surface area contributed by atoms with Crippen molar-refractivity contribution in [1.29, 1.82) is 0 Å². The van der Waals surface area contributed by atoms with Gasteiger partial charge in [0, 0.05) is 31.6 Å². The second-order valence-corrected chi connectivity index (χ2v) is 9.69. The van der Waals surface area contributed by atoms with Gasteiger partial charge in [-0.1, -0.05) is 18.6 Å². The van der Waals surface area contributed by atoms with E-state index >= 15 is 0 Å². The summed E-state index contributed by atoms with van der Waals surface area (Å²) in [6, 6.07) is 7.70. The predicted molar refractivity (Wildman–Crippen MR) is 113 cm³/mol. The lowest BCUT2D eigenvalue weighted by atomic mass is 10.0. The standard InChI is InChI=1S/C20H31N3O3S.ClH/c1-16-15-18(11-12-21-16)22-20(24)10-7-17-5-8-19(9-6-17)27(25,26)23-13-3-2-4-14-23;/h5-6,8-9,16,18,21H,2-4,7,10-15H2,1H3,(H,22,24);1H. The van der Waals surface area contributed by atoms with E-state index in [1.165, 1.54) is 0 Å². The van der Waals surface area contributed by atoms with Crippen LogP contribution in [0.25, 0.3) is 0 Å². The van der Waals surface area contributed by atoms with E-state index in [1.54, 1.807) is 16.4 Å². The number of nitrogens with zero attached hydrogens (tertiary/aromatic N) is 1. The third-order valence-corrected chi connectivity index (χ3v) is 7.42. The summed E-state index contributed by atoms with van der Waals surface area (Å²) >= 11 is 0. The molecule has 158 valence electrons. The maximum atomic E-state index is 12.7. The number of piperidine rings is 2. The van der Waals surface area contributed by atoms with Crippen LogP contribution in [0.4, 0.5) is 0 Å². The van der Waals surface area contributed by atoms with Gasteiger partial charge in [-0.2, -0.15) is 4.31 Å². The van der Waals surface area contributed by atoms with E-state index in [1.807, 2.05) is 12.1 Å². The summed E-state index contributed by atoms with van der Waals surface area (Å²) < 4.78 is 26.9. The first-order valence-corrected chi connectivity index (χ1v) is 11.5. The first-order valence-electron chi connectivity index (χ1n) is 10.1. The van der Waals surface area contributed by atoms with Gasteiger partial charge in [-0.15, -0.1) is 12.4 Å². The van der Waals surface area contributed by atoms with Crippen LogP contribution in [-0.2, 0) is 21.2 Å². The summed E-state index contributed by atoms with van der Waals surface area (Å²) in [7, 11) is -3.39. The van der Waals surface area contributed by atoms with Crippen LogP contribution in [0.3, 0.4) is 0 Å². The molecule has 2 unspecified atom stereocenters. The molecule has 0 bridgehead atoms. The molecule has 0 radical (unpaired) electrons. The molecule has 3 rings (SSSR count). The van der Waals surface area contributed by atoms with E-state index in [-0.39, 0.29) is 24.4 Å². The van der Waals surface area contributed by atoms with Crippen molar-refractivity contribution in [1.82, 2.24) is 14.9 Å². The Labute approximate surface area is 174 Å². The molecule has 1 aromatic carbocycles. The fraction of sp³-hybridized carbons (Fsp3) is 0.650. The number of rotatable bonds is 6. The zero-order valence-electron chi connectivity index (χ0n) is 16.5. The van der Waals surface area contributed by atoms with Crippen LogP contribution in [0.2, 0.25) is 0 Å². The number of amides is 1. The average molecular weight is 430 g/mol. The Morgan fingerprint density at radius 1 is 1.18 bits per heavy atom. The van der Waals surface area contributed by atoms with Gasteiger partial charge in [-0.3, -0.25) is 4.79 Å². The maximum absolute atomic E-state index is 12.7. The third-order valence-electron chi connectivity index (χ3n) is 5.51. The Hall–Kier alpha value is -1.15. The minimum Gasteiger partial charge on any atom is -0.353 e. The van der Waals surface area contributed by atoms with Crippen LogP contribution >= 0.6 is 12.4 Å². The number of aryl methyl sites for hydroxylation is 1. The van der Waals surface area contributed by atoms with E-state index in [0.29, 0.717) is 36.9 Å². The zero-order valence-corrected chi connectivity index (χ0v) is 18.2. The molecule has 2 aliphatic rings. The van der Waals surface area contributed by atoms with Crippen molar-refractivity contribution < 1.29 is 13.2 Å². The van der Waals surface area contributed by atoms with Gasteiger partial charge in [0.2, 0.25) is 15.9 Å². The molecule has 1 amide bonds. The molecule has 1 aromatic rings. The first-order chi connectivity index (χ1) is 12.9. The number of benzene rings is 1.